The number of aliphatic hydroxyl groups is 1. The van der Waals surface area contributed by atoms with Crippen LogP contribution in [0.4, 0.5) is 4.79 Å². The lowest BCUT2D eigenvalue weighted by Gasteiger charge is -2.39. The van der Waals surface area contributed by atoms with Crippen LogP contribution in [0.25, 0.3) is 21.4 Å². The van der Waals surface area contributed by atoms with Gasteiger partial charge in [0.25, 0.3) is 5.91 Å². The van der Waals surface area contributed by atoms with Crippen molar-refractivity contribution in [2.75, 3.05) is 33.2 Å². The van der Waals surface area contributed by atoms with Crippen molar-refractivity contribution in [2.45, 2.75) is 149 Å². The number of fused-ring (bicyclic) bond motifs is 2. The number of alkyl carbamates (subject to hydrolysis) is 1. The zero-order valence-corrected chi connectivity index (χ0v) is 43.8. The van der Waals surface area contributed by atoms with Crippen LogP contribution in [0.5, 0.6) is 0 Å². The number of ether oxygens (including phenoxy) is 1. The van der Waals surface area contributed by atoms with E-state index in [-0.39, 0.29) is 57.0 Å². The maximum absolute atomic E-state index is 14.6. The minimum atomic E-state index is -1.26. The van der Waals surface area contributed by atoms with Crippen LogP contribution in [0, 0.1) is 19.3 Å². The minimum absolute atomic E-state index is 0.0368. The monoisotopic (exact) mass is 1010 g/mol. The standard InChI is InChI=1S/C52H69N9O10S/c1-29-13-20-40-36(24-29)42(57-71-40)48(67)59-23-21-34-18-19-38(61(34)46(65)37(27-59)55-50(69)70-52(7,8)9)47(66)58(10)22-11-12-41(63)56-44(51(4,5)6)49(68)60-26-35(62)25-39(60)45(64)54-30(2)32-14-16-33(17-15-32)43-31(3)53-28-72-43/h13-17,20,24,28,30,34-35,37-39,44,62H,11-12,18-19,21-23,25-27H2,1-10H3,(H,54,64)(H,55,69)(H,56,63)/t30-,34+,35+,37-,38-,39-,44+/m0/s1. The summed E-state index contributed by atoms with van der Waals surface area (Å²) in [5.74, 6) is -2.65. The van der Waals surface area contributed by atoms with Crippen molar-refractivity contribution in [3.63, 3.8) is 0 Å². The number of nitrogens with one attached hydrogen (secondary N) is 3. The number of likely N-dealkylation sites (N-methyl/N-ethyl adjacent to an activating group) is 1. The molecule has 7 rings (SSSR count). The molecule has 2 aromatic heterocycles. The Bertz CT molecular complexity index is 2670. The van der Waals surface area contributed by atoms with Crippen LogP contribution < -0.4 is 16.0 Å². The Morgan fingerprint density at radius 2 is 1.68 bits per heavy atom. The van der Waals surface area contributed by atoms with E-state index in [1.165, 1.54) is 19.6 Å². The number of hydrogen-bond acceptors (Lipinski definition) is 13. The quantitative estimate of drug-likeness (QED) is 0.134. The second-order valence-electron chi connectivity index (χ2n) is 21.5. The molecule has 19 nitrogen and oxygen atoms in total. The Balaban J connectivity index is 0.961. The van der Waals surface area contributed by atoms with E-state index in [0.717, 1.165) is 27.3 Å². The maximum Gasteiger partial charge on any atom is 0.408 e. The normalized spacial score (nSPS) is 21.3. The van der Waals surface area contributed by atoms with E-state index >= 15 is 0 Å². The number of hydrogen-bond donors (Lipinski definition) is 4. The summed E-state index contributed by atoms with van der Waals surface area (Å²) in [5, 5.41) is 23.9. The van der Waals surface area contributed by atoms with Crippen LogP contribution in [-0.2, 0) is 28.7 Å². The van der Waals surface area contributed by atoms with Gasteiger partial charge >= 0.3 is 6.09 Å². The van der Waals surface area contributed by atoms with Crippen molar-refractivity contribution >= 4 is 63.8 Å². The number of β-amino-alcohol motifs (C(OH)–C–C–N with tert-alkyl or cyclic N) is 1. The Labute approximate surface area is 424 Å². The van der Waals surface area contributed by atoms with Gasteiger partial charge in [-0.05, 0) is 95.9 Å². The molecule has 5 heterocycles. The van der Waals surface area contributed by atoms with Gasteiger partial charge in [0.2, 0.25) is 29.5 Å². The van der Waals surface area contributed by atoms with Crippen molar-refractivity contribution in [2.24, 2.45) is 5.41 Å². The van der Waals surface area contributed by atoms with E-state index in [1.54, 1.807) is 56.8 Å². The molecule has 7 atom stereocenters. The predicted octanol–water partition coefficient (Wildman–Crippen LogP) is 5.28. The van der Waals surface area contributed by atoms with Gasteiger partial charge in [0, 0.05) is 45.6 Å². The number of nitrogens with zero attached hydrogens (tertiary/aromatic N) is 6. The molecule has 3 aliphatic heterocycles. The van der Waals surface area contributed by atoms with Crippen LogP contribution >= 0.6 is 11.3 Å². The first kappa shape index (κ1) is 53.4. The Morgan fingerprint density at radius 3 is 2.35 bits per heavy atom. The number of thiazole rings is 1. The first-order valence-electron chi connectivity index (χ1n) is 24.7. The number of carbonyl (C=O) groups excluding carboxylic acids is 7. The molecule has 0 saturated carbocycles. The molecule has 0 aliphatic carbocycles. The molecular weight excluding hydrogens is 943 g/mol. The van der Waals surface area contributed by atoms with Gasteiger partial charge in [-0.15, -0.1) is 11.3 Å². The molecule has 0 spiro atoms. The first-order chi connectivity index (χ1) is 33.9. The fourth-order valence-corrected chi connectivity index (χ4v) is 10.6. The zero-order valence-electron chi connectivity index (χ0n) is 42.9. The Kier molecular flexibility index (Phi) is 16.1. The average Bonchev–Trinajstić information content (AvgIpc) is 4.12. The number of amides is 7. The predicted molar refractivity (Wildman–Crippen MR) is 269 cm³/mol. The highest BCUT2D eigenvalue weighted by molar-refractivity contribution is 7.13. The van der Waals surface area contributed by atoms with Gasteiger partial charge in [0.1, 0.15) is 29.8 Å². The fraction of sp³-hybridized carbons (Fsp3) is 0.558. The van der Waals surface area contributed by atoms with E-state index in [1.807, 2.05) is 71.9 Å². The highest BCUT2D eigenvalue weighted by Gasteiger charge is 2.48. The van der Waals surface area contributed by atoms with E-state index < -0.39 is 89.0 Å². The molecule has 7 amide bonds. The van der Waals surface area contributed by atoms with Crippen molar-refractivity contribution < 1.29 is 47.9 Å². The van der Waals surface area contributed by atoms with Gasteiger partial charge in [-0.2, -0.15) is 0 Å². The van der Waals surface area contributed by atoms with Gasteiger partial charge in [-0.1, -0.05) is 61.8 Å². The number of carbonyl (C=O) groups is 7. The van der Waals surface area contributed by atoms with E-state index in [9.17, 15) is 38.7 Å². The fourth-order valence-electron chi connectivity index (χ4n) is 9.81. The van der Waals surface area contributed by atoms with Gasteiger partial charge in [0.05, 0.1) is 40.2 Å². The van der Waals surface area contributed by atoms with Gasteiger partial charge < -0.3 is 49.9 Å². The Hall–Kier alpha value is -6.41. The van der Waals surface area contributed by atoms with E-state index in [0.29, 0.717) is 30.2 Å². The molecule has 20 heteroatoms. The lowest BCUT2D eigenvalue weighted by Crippen LogP contribution is -2.61. The second kappa shape index (κ2) is 21.7. The summed E-state index contributed by atoms with van der Waals surface area (Å²) in [6.45, 7) is 16.3. The maximum atomic E-state index is 14.6. The third-order valence-corrected chi connectivity index (χ3v) is 14.6. The summed E-state index contributed by atoms with van der Waals surface area (Å²) >= 11 is 1.56. The largest absolute Gasteiger partial charge is 0.444 e. The van der Waals surface area contributed by atoms with Crippen molar-refractivity contribution in [3.05, 3.63) is 70.5 Å². The number of aryl methyl sites for hydroxylation is 2. The number of aliphatic hydroxyl groups excluding tert-OH is 1. The summed E-state index contributed by atoms with van der Waals surface area (Å²) in [6, 6.07) is 8.32. The van der Waals surface area contributed by atoms with Gasteiger partial charge in [-0.25, -0.2) is 9.78 Å². The summed E-state index contributed by atoms with van der Waals surface area (Å²) in [6.07, 6.45) is -0.348. The molecule has 388 valence electrons. The number of benzene rings is 2. The molecule has 72 heavy (non-hydrogen) atoms. The SMILES string of the molecule is Cc1ccc2onc(C(=O)N3CC[C@H]4CC[C@@H](C(=O)N(C)CCCC(=O)N[C@H](C(=O)N5C[C@H](O)C[C@H]5C(=O)N[C@@H](C)c5ccc(-c6scnc6C)cc5)C(C)(C)C)N4C(=O)[C@@H](NC(=O)OC(C)(C)C)C3)c2c1. The second-order valence-corrected chi connectivity index (χ2v) is 22.4. The Morgan fingerprint density at radius 1 is 0.958 bits per heavy atom. The summed E-state index contributed by atoms with van der Waals surface area (Å²) < 4.78 is 11.0. The number of rotatable bonds is 13. The minimum Gasteiger partial charge on any atom is -0.444 e. The van der Waals surface area contributed by atoms with Crippen molar-refractivity contribution in [3.8, 4) is 10.4 Å². The lowest BCUT2D eigenvalue weighted by molar-refractivity contribution is -0.147. The summed E-state index contributed by atoms with van der Waals surface area (Å²) in [4.78, 5) is 109. The van der Waals surface area contributed by atoms with E-state index in [2.05, 4.69) is 26.1 Å². The topological polar surface area (TPSA) is 237 Å². The summed E-state index contributed by atoms with van der Waals surface area (Å²) in [5.41, 5.74) is 4.42. The third-order valence-electron chi connectivity index (χ3n) is 13.6. The van der Waals surface area contributed by atoms with Crippen LogP contribution in [0.1, 0.15) is 120 Å². The van der Waals surface area contributed by atoms with E-state index in [4.69, 9.17) is 9.26 Å². The average molecular weight is 1010 g/mol. The molecule has 3 saturated heterocycles. The number of likely N-dealkylation sites (tertiary alicyclic amines) is 1. The molecule has 0 unspecified atom stereocenters. The lowest BCUT2D eigenvalue weighted by atomic mass is 9.85. The van der Waals surface area contributed by atoms with Crippen LogP contribution in [0.3, 0.4) is 0 Å². The highest BCUT2D eigenvalue weighted by atomic mass is 32.1. The molecule has 4 aromatic rings. The van der Waals surface area contributed by atoms with Crippen LogP contribution in [0.2, 0.25) is 0 Å². The molecule has 2 aromatic carbocycles. The molecule has 4 N–H and O–H groups in total. The smallest absolute Gasteiger partial charge is 0.408 e. The van der Waals surface area contributed by atoms with Crippen molar-refractivity contribution in [1.82, 2.24) is 45.7 Å². The molecule has 0 bridgehead atoms. The molecule has 3 aliphatic rings. The molecule has 0 radical (unpaired) electrons. The van der Waals surface area contributed by atoms with Crippen molar-refractivity contribution in [1.29, 1.82) is 0 Å². The third kappa shape index (κ3) is 12.3. The van der Waals surface area contributed by atoms with Gasteiger partial charge in [-0.3, -0.25) is 28.8 Å². The molecular formula is C52H69N9O10S. The van der Waals surface area contributed by atoms with Gasteiger partial charge in [0.15, 0.2) is 11.3 Å². The van der Waals surface area contributed by atoms with Crippen LogP contribution in [-0.4, -0.2) is 152 Å². The highest BCUT2D eigenvalue weighted by Crippen LogP contribution is 2.33. The number of aromatic nitrogens is 2. The van der Waals surface area contributed by atoms with Crippen LogP contribution in [0.15, 0.2) is 52.5 Å². The zero-order chi connectivity index (χ0) is 52.4. The molecule has 3 fully saturated rings. The summed E-state index contributed by atoms with van der Waals surface area (Å²) in [7, 11) is 1.60. The first-order valence-corrected chi connectivity index (χ1v) is 25.6.